The summed E-state index contributed by atoms with van der Waals surface area (Å²) < 4.78 is 17.5. The van der Waals surface area contributed by atoms with Gasteiger partial charge in [0.15, 0.2) is 28.0 Å². The quantitative estimate of drug-likeness (QED) is 0.522. The number of carbonyl (C=O) groups excluding carboxylic acids is 2. The Bertz CT molecular complexity index is 561. The van der Waals surface area contributed by atoms with Gasteiger partial charge < -0.3 is 18.7 Å². The van der Waals surface area contributed by atoms with Crippen molar-refractivity contribution in [1.29, 1.82) is 0 Å². The van der Waals surface area contributed by atoms with Gasteiger partial charge in [0.2, 0.25) is 0 Å². The van der Waals surface area contributed by atoms with Crippen molar-refractivity contribution >= 4 is 28.4 Å². The molecule has 1 aliphatic rings. The number of rotatable bonds is 5. The van der Waals surface area contributed by atoms with E-state index in [1.807, 2.05) is 0 Å². The fourth-order valence-electron chi connectivity index (χ4n) is 2.73. The molecule has 1 fully saturated rings. The Kier molecular flexibility index (Phi) is 7.23. The summed E-state index contributed by atoms with van der Waals surface area (Å²) in [6.07, 6.45) is -1.95. The Labute approximate surface area is 172 Å². The number of ketones is 1. The molecule has 8 heteroatoms. The molecule has 6 nitrogen and oxygen atoms in total. The first-order valence-corrected chi connectivity index (χ1v) is 15.8. The lowest BCUT2D eigenvalue weighted by Crippen LogP contribution is -2.60. The lowest BCUT2D eigenvalue weighted by atomic mass is 9.80. The molecule has 2 unspecified atom stereocenters. The highest BCUT2D eigenvalue weighted by Crippen LogP contribution is 2.43. The zero-order valence-electron chi connectivity index (χ0n) is 19.6. The van der Waals surface area contributed by atoms with Gasteiger partial charge in [0.1, 0.15) is 12.2 Å². The van der Waals surface area contributed by atoms with Crippen LogP contribution in [0.25, 0.3) is 0 Å². The summed E-state index contributed by atoms with van der Waals surface area (Å²) in [6, 6.07) is 0. The van der Waals surface area contributed by atoms with Crippen molar-refractivity contribution in [2.45, 2.75) is 108 Å². The van der Waals surface area contributed by atoms with Crippen LogP contribution in [0.1, 0.15) is 54.4 Å². The Morgan fingerprint density at radius 2 is 1.25 bits per heavy atom. The number of methoxy groups -OCH3 is 1. The Hall–Kier alpha value is -0.546. The van der Waals surface area contributed by atoms with Crippen LogP contribution in [-0.2, 0) is 23.2 Å². The van der Waals surface area contributed by atoms with Gasteiger partial charge in [0.25, 0.3) is 0 Å². The topological polar surface area (TPSA) is 82.1 Å². The zero-order valence-corrected chi connectivity index (χ0v) is 21.6. The summed E-state index contributed by atoms with van der Waals surface area (Å²) in [4.78, 5) is 25.6. The van der Waals surface area contributed by atoms with Crippen molar-refractivity contribution in [3.05, 3.63) is 0 Å². The van der Waals surface area contributed by atoms with E-state index in [-0.39, 0.29) is 28.7 Å². The number of aliphatic hydroxyl groups is 1. The van der Waals surface area contributed by atoms with E-state index in [4.69, 9.17) is 13.6 Å². The maximum atomic E-state index is 13.3. The van der Waals surface area contributed by atoms with Gasteiger partial charge in [-0.3, -0.25) is 4.79 Å². The van der Waals surface area contributed by atoms with Gasteiger partial charge in [-0.25, -0.2) is 4.79 Å². The number of hydrogen-bond acceptors (Lipinski definition) is 6. The summed E-state index contributed by atoms with van der Waals surface area (Å²) in [6.45, 7) is 20.7. The second-order valence-electron chi connectivity index (χ2n) is 11.1. The van der Waals surface area contributed by atoms with Crippen LogP contribution in [0.15, 0.2) is 0 Å². The summed E-state index contributed by atoms with van der Waals surface area (Å²) >= 11 is 0. The summed E-state index contributed by atoms with van der Waals surface area (Å²) in [5.41, 5.74) is -1.79. The predicted octanol–water partition coefficient (Wildman–Crippen LogP) is 4.03. The molecular weight excluding hydrogens is 392 g/mol. The zero-order chi connectivity index (χ0) is 22.3. The normalized spacial score (nSPS) is 27.6. The maximum Gasteiger partial charge on any atom is 0.338 e. The minimum absolute atomic E-state index is 0.0949. The van der Waals surface area contributed by atoms with E-state index in [0.29, 0.717) is 0 Å². The van der Waals surface area contributed by atoms with Crippen molar-refractivity contribution in [2.24, 2.45) is 0 Å². The lowest BCUT2D eigenvalue weighted by molar-refractivity contribution is -0.177. The Morgan fingerprint density at radius 3 is 1.50 bits per heavy atom. The number of hydrogen-bond donors (Lipinski definition) is 1. The Morgan fingerprint density at radius 1 is 0.929 bits per heavy atom. The fraction of sp³-hybridized carbons (Fsp3) is 0.900. The molecule has 164 valence electrons. The van der Waals surface area contributed by atoms with Gasteiger partial charge in [-0.05, 0) is 36.3 Å². The third-order valence-electron chi connectivity index (χ3n) is 6.73. The molecule has 0 heterocycles. The van der Waals surface area contributed by atoms with Crippen LogP contribution in [0.4, 0.5) is 0 Å². The van der Waals surface area contributed by atoms with E-state index in [0.717, 1.165) is 0 Å². The van der Waals surface area contributed by atoms with Crippen LogP contribution < -0.4 is 0 Å². The van der Waals surface area contributed by atoms with E-state index < -0.39 is 40.4 Å². The minimum atomic E-state index is -2.29. The smallest absolute Gasteiger partial charge is 0.338 e. The van der Waals surface area contributed by atoms with Gasteiger partial charge in [-0.1, -0.05) is 41.5 Å². The third-order valence-corrected chi connectivity index (χ3v) is 15.7. The van der Waals surface area contributed by atoms with Crippen molar-refractivity contribution in [3.8, 4) is 0 Å². The fourth-order valence-corrected chi connectivity index (χ4v) is 5.25. The minimum Gasteiger partial charge on any atom is -0.467 e. The van der Waals surface area contributed by atoms with Gasteiger partial charge in [-0.15, -0.1) is 0 Å². The summed E-state index contributed by atoms with van der Waals surface area (Å²) in [7, 11) is -3.35. The largest absolute Gasteiger partial charge is 0.467 e. The van der Waals surface area contributed by atoms with Crippen molar-refractivity contribution < 1.29 is 28.3 Å². The monoisotopic (exact) mass is 432 g/mol. The number of ether oxygens (including phenoxy) is 1. The van der Waals surface area contributed by atoms with Crippen LogP contribution in [0.5, 0.6) is 0 Å². The molecule has 0 radical (unpaired) electrons. The third kappa shape index (κ3) is 5.33. The molecule has 0 saturated heterocycles. The van der Waals surface area contributed by atoms with Crippen LogP contribution in [0, 0.1) is 0 Å². The molecular formula is C20H40O6Si2. The molecule has 0 aromatic carbocycles. The van der Waals surface area contributed by atoms with Gasteiger partial charge in [0.05, 0.1) is 7.11 Å². The standard InChI is InChI=1S/C20H40O6Si2/c1-18(2,3)27(8,9)25-14-12-20(23,17(22)24-7)13-15(16(14)21)26-28(10,11)19(4,5)6/h14-15,23H,12-13H2,1-11H3/t14-,15?,20?/m1/s1. The van der Waals surface area contributed by atoms with E-state index >= 15 is 0 Å². The lowest BCUT2D eigenvalue weighted by Gasteiger charge is -2.46. The maximum absolute atomic E-state index is 13.3. The van der Waals surface area contributed by atoms with Gasteiger partial charge >= 0.3 is 5.97 Å². The molecule has 0 aliphatic heterocycles. The molecule has 1 rings (SSSR count). The number of esters is 1. The molecule has 3 atom stereocenters. The van der Waals surface area contributed by atoms with Gasteiger partial charge in [0, 0.05) is 12.8 Å². The van der Waals surface area contributed by atoms with E-state index in [9.17, 15) is 14.7 Å². The van der Waals surface area contributed by atoms with Crippen LogP contribution in [0.3, 0.4) is 0 Å². The second kappa shape index (κ2) is 7.94. The van der Waals surface area contributed by atoms with Crippen molar-refractivity contribution in [1.82, 2.24) is 0 Å². The molecule has 0 amide bonds. The highest BCUT2D eigenvalue weighted by molar-refractivity contribution is 6.74. The summed E-state index contributed by atoms with van der Waals surface area (Å²) in [5.74, 6) is -0.920. The summed E-state index contributed by atoms with van der Waals surface area (Å²) in [5, 5.41) is 10.8. The number of Topliss-reactive ketones (excluding diaryl/α,β-unsaturated/α-hetero) is 1. The molecule has 0 bridgehead atoms. The SMILES string of the molecule is COC(=O)C1(O)CC(O[Si](C)(C)C(C)(C)C)C(=O)[C@H](O[Si](C)(C)C(C)(C)C)C1. The van der Waals surface area contributed by atoms with Crippen molar-refractivity contribution in [2.75, 3.05) is 7.11 Å². The van der Waals surface area contributed by atoms with Crippen LogP contribution in [0.2, 0.25) is 36.3 Å². The average molecular weight is 433 g/mol. The molecule has 1 N–H and O–H groups in total. The van der Waals surface area contributed by atoms with Gasteiger partial charge in [-0.2, -0.15) is 0 Å². The Balaban J connectivity index is 3.27. The second-order valence-corrected chi connectivity index (χ2v) is 20.6. The molecule has 1 aliphatic carbocycles. The highest BCUT2D eigenvalue weighted by Gasteiger charge is 2.55. The predicted molar refractivity (Wildman–Crippen MR) is 115 cm³/mol. The number of carbonyl (C=O) groups is 2. The molecule has 28 heavy (non-hydrogen) atoms. The highest BCUT2D eigenvalue weighted by atomic mass is 28.4. The average Bonchev–Trinajstić information content (AvgIpc) is 2.48. The first kappa shape index (κ1) is 25.5. The molecule has 0 spiro atoms. The van der Waals surface area contributed by atoms with E-state index in [1.54, 1.807) is 0 Å². The van der Waals surface area contributed by atoms with E-state index in [1.165, 1.54) is 7.11 Å². The molecule has 0 aromatic heterocycles. The van der Waals surface area contributed by atoms with Crippen LogP contribution >= 0.6 is 0 Å². The van der Waals surface area contributed by atoms with Crippen LogP contribution in [-0.4, -0.2) is 58.4 Å². The van der Waals surface area contributed by atoms with Crippen molar-refractivity contribution in [3.63, 3.8) is 0 Å². The molecule has 1 saturated carbocycles. The molecule has 0 aromatic rings. The first-order chi connectivity index (χ1) is 12.3. The first-order valence-electron chi connectivity index (χ1n) is 9.97. The van der Waals surface area contributed by atoms with E-state index in [2.05, 4.69) is 67.7 Å².